The van der Waals surface area contributed by atoms with Crippen LogP contribution in [0.5, 0.6) is 0 Å². The molecule has 0 radical (unpaired) electrons. The molecule has 1 aromatic rings. The van der Waals surface area contributed by atoms with Crippen LogP contribution in [0.3, 0.4) is 0 Å². The van der Waals surface area contributed by atoms with Crippen LogP contribution in [-0.4, -0.2) is 35.6 Å². The zero-order chi connectivity index (χ0) is 14.3. The normalized spacial score (nSPS) is 21.4. The van der Waals surface area contributed by atoms with Crippen LogP contribution in [0, 0.1) is 5.92 Å². The molecule has 1 aromatic carbocycles. The van der Waals surface area contributed by atoms with Gasteiger partial charge in [-0.3, -0.25) is 4.79 Å². The Kier molecular flexibility index (Phi) is 3.63. The quantitative estimate of drug-likeness (QED) is 0.897. The van der Waals surface area contributed by atoms with Crippen LogP contribution in [-0.2, 0) is 10.2 Å². The SMILES string of the molecule is CN(CC(O)C1CC1)C(=O)C1(c2cccc(Br)c2)CC1. The second kappa shape index (κ2) is 5.15. The van der Waals surface area contributed by atoms with Gasteiger partial charge in [0.25, 0.3) is 0 Å². The number of halogens is 1. The molecule has 20 heavy (non-hydrogen) atoms. The molecule has 4 heteroatoms. The number of benzene rings is 1. The maximum absolute atomic E-state index is 12.7. The third-order valence-electron chi connectivity index (χ3n) is 4.51. The summed E-state index contributed by atoms with van der Waals surface area (Å²) in [6, 6.07) is 8.02. The number of carbonyl (C=O) groups excluding carboxylic acids is 1. The Hall–Kier alpha value is -0.870. The van der Waals surface area contributed by atoms with Gasteiger partial charge in [0.2, 0.25) is 5.91 Å². The van der Waals surface area contributed by atoms with Gasteiger partial charge in [0, 0.05) is 18.1 Å². The minimum absolute atomic E-state index is 0.148. The lowest BCUT2D eigenvalue weighted by Crippen LogP contribution is -2.41. The Morgan fingerprint density at radius 1 is 1.50 bits per heavy atom. The number of aliphatic hydroxyl groups excluding tert-OH is 1. The Labute approximate surface area is 128 Å². The van der Waals surface area contributed by atoms with E-state index in [1.165, 1.54) is 0 Å². The molecule has 0 spiro atoms. The summed E-state index contributed by atoms with van der Waals surface area (Å²) in [5.41, 5.74) is 0.742. The van der Waals surface area contributed by atoms with Gasteiger partial charge in [-0.05, 0) is 49.3 Å². The molecule has 2 aliphatic carbocycles. The molecular weight excluding hydrogens is 318 g/mol. The van der Waals surface area contributed by atoms with Gasteiger partial charge in [0.15, 0.2) is 0 Å². The molecule has 2 aliphatic rings. The molecule has 1 unspecified atom stereocenters. The first-order chi connectivity index (χ1) is 9.53. The van der Waals surface area contributed by atoms with E-state index in [9.17, 15) is 9.90 Å². The molecule has 0 aliphatic heterocycles. The zero-order valence-electron chi connectivity index (χ0n) is 11.7. The second-order valence-electron chi connectivity index (χ2n) is 6.18. The molecule has 0 heterocycles. The molecule has 2 saturated carbocycles. The number of likely N-dealkylation sites (N-methyl/N-ethyl adjacent to an activating group) is 1. The molecule has 3 rings (SSSR count). The standard InChI is InChI=1S/C16H20BrNO2/c1-18(10-14(19)11-5-6-11)15(20)16(7-8-16)12-3-2-4-13(17)9-12/h2-4,9,11,14,19H,5-8,10H2,1H3. The van der Waals surface area contributed by atoms with E-state index in [4.69, 9.17) is 0 Å². The number of amides is 1. The molecule has 0 saturated heterocycles. The largest absolute Gasteiger partial charge is 0.391 e. The van der Waals surface area contributed by atoms with Crippen molar-refractivity contribution in [3.63, 3.8) is 0 Å². The van der Waals surface area contributed by atoms with Crippen LogP contribution in [0.4, 0.5) is 0 Å². The first-order valence-corrected chi connectivity index (χ1v) is 8.02. The van der Waals surface area contributed by atoms with Gasteiger partial charge < -0.3 is 10.0 Å². The fraction of sp³-hybridized carbons (Fsp3) is 0.562. The van der Waals surface area contributed by atoms with Gasteiger partial charge in [-0.15, -0.1) is 0 Å². The van der Waals surface area contributed by atoms with Crippen LogP contribution in [0.1, 0.15) is 31.2 Å². The molecule has 1 N–H and O–H groups in total. The van der Waals surface area contributed by atoms with Crippen molar-refractivity contribution in [3.05, 3.63) is 34.3 Å². The minimum atomic E-state index is -0.359. The number of hydrogen-bond donors (Lipinski definition) is 1. The van der Waals surface area contributed by atoms with Crippen LogP contribution >= 0.6 is 15.9 Å². The summed E-state index contributed by atoms with van der Waals surface area (Å²) in [6.07, 6.45) is 3.65. The Balaban J connectivity index is 1.72. The molecule has 1 atom stereocenters. The van der Waals surface area contributed by atoms with Crippen LogP contribution in [0.25, 0.3) is 0 Å². The van der Waals surface area contributed by atoms with Gasteiger partial charge in [0.1, 0.15) is 0 Å². The lowest BCUT2D eigenvalue weighted by Gasteiger charge is -2.26. The lowest BCUT2D eigenvalue weighted by atomic mass is 9.94. The van der Waals surface area contributed by atoms with E-state index in [2.05, 4.69) is 15.9 Å². The van der Waals surface area contributed by atoms with Crippen molar-refractivity contribution in [2.75, 3.05) is 13.6 Å². The lowest BCUT2D eigenvalue weighted by molar-refractivity contribution is -0.134. The van der Waals surface area contributed by atoms with Crippen molar-refractivity contribution in [1.82, 2.24) is 4.90 Å². The molecular formula is C16H20BrNO2. The maximum Gasteiger partial charge on any atom is 0.233 e. The third-order valence-corrected chi connectivity index (χ3v) is 5.00. The first-order valence-electron chi connectivity index (χ1n) is 7.22. The Bertz CT molecular complexity index is 523. The minimum Gasteiger partial charge on any atom is -0.391 e. The third kappa shape index (κ3) is 2.63. The highest BCUT2D eigenvalue weighted by molar-refractivity contribution is 9.10. The summed E-state index contributed by atoms with van der Waals surface area (Å²) in [5.74, 6) is 0.557. The van der Waals surface area contributed by atoms with E-state index >= 15 is 0 Å². The van der Waals surface area contributed by atoms with Crippen molar-refractivity contribution in [2.24, 2.45) is 5.92 Å². The van der Waals surface area contributed by atoms with E-state index in [0.717, 1.165) is 35.7 Å². The van der Waals surface area contributed by atoms with Crippen molar-refractivity contribution >= 4 is 21.8 Å². The highest BCUT2D eigenvalue weighted by Crippen LogP contribution is 2.50. The molecule has 1 amide bonds. The average molecular weight is 338 g/mol. The summed E-state index contributed by atoms with van der Waals surface area (Å²) in [4.78, 5) is 14.4. The number of carbonyl (C=O) groups is 1. The average Bonchev–Trinajstić information content (AvgIpc) is 3.30. The van der Waals surface area contributed by atoms with E-state index in [1.54, 1.807) is 4.90 Å². The highest BCUT2D eigenvalue weighted by atomic mass is 79.9. The van der Waals surface area contributed by atoms with E-state index in [1.807, 2.05) is 31.3 Å². The number of rotatable bonds is 5. The van der Waals surface area contributed by atoms with Crippen molar-refractivity contribution in [3.8, 4) is 0 Å². The van der Waals surface area contributed by atoms with Gasteiger partial charge in [-0.25, -0.2) is 0 Å². The summed E-state index contributed by atoms with van der Waals surface area (Å²) in [6.45, 7) is 0.458. The smallest absolute Gasteiger partial charge is 0.233 e. The van der Waals surface area contributed by atoms with Gasteiger partial charge >= 0.3 is 0 Å². The summed E-state index contributed by atoms with van der Waals surface area (Å²) < 4.78 is 1.01. The first kappa shape index (κ1) is 14.1. The van der Waals surface area contributed by atoms with E-state index < -0.39 is 0 Å². The number of hydrogen-bond acceptors (Lipinski definition) is 2. The predicted molar refractivity (Wildman–Crippen MR) is 81.4 cm³/mol. The van der Waals surface area contributed by atoms with E-state index in [-0.39, 0.29) is 17.4 Å². The highest BCUT2D eigenvalue weighted by Gasteiger charge is 2.52. The monoisotopic (exact) mass is 337 g/mol. The Morgan fingerprint density at radius 2 is 2.20 bits per heavy atom. The summed E-state index contributed by atoms with van der Waals surface area (Å²) in [5, 5.41) is 10.0. The van der Waals surface area contributed by atoms with Crippen LogP contribution < -0.4 is 0 Å². The molecule has 0 bridgehead atoms. The second-order valence-corrected chi connectivity index (χ2v) is 7.10. The van der Waals surface area contributed by atoms with Gasteiger partial charge in [-0.2, -0.15) is 0 Å². The van der Waals surface area contributed by atoms with Crippen LogP contribution in [0.15, 0.2) is 28.7 Å². The van der Waals surface area contributed by atoms with E-state index in [0.29, 0.717) is 12.5 Å². The number of aliphatic hydroxyl groups is 1. The topological polar surface area (TPSA) is 40.5 Å². The van der Waals surface area contributed by atoms with Crippen molar-refractivity contribution < 1.29 is 9.90 Å². The van der Waals surface area contributed by atoms with Gasteiger partial charge in [-0.1, -0.05) is 28.1 Å². The Morgan fingerprint density at radius 3 is 2.75 bits per heavy atom. The number of nitrogens with zero attached hydrogens (tertiary/aromatic N) is 1. The van der Waals surface area contributed by atoms with Gasteiger partial charge in [0.05, 0.1) is 11.5 Å². The molecule has 3 nitrogen and oxygen atoms in total. The molecule has 108 valence electrons. The molecule has 0 aromatic heterocycles. The van der Waals surface area contributed by atoms with Crippen molar-refractivity contribution in [2.45, 2.75) is 37.2 Å². The van der Waals surface area contributed by atoms with Crippen molar-refractivity contribution in [1.29, 1.82) is 0 Å². The summed E-state index contributed by atoms with van der Waals surface area (Å²) in [7, 11) is 1.81. The summed E-state index contributed by atoms with van der Waals surface area (Å²) >= 11 is 3.47. The fourth-order valence-corrected chi connectivity index (χ4v) is 3.30. The maximum atomic E-state index is 12.7. The molecule has 2 fully saturated rings. The predicted octanol–water partition coefficient (Wildman–Crippen LogP) is 2.71. The van der Waals surface area contributed by atoms with Crippen LogP contribution in [0.2, 0.25) is 0 Å². The fourth-order valence-electron chi connectivity index (χ4n) is 2.90. The zero-order valence-corrected chi connectivity index (χ0v) is 13.3.